The number of fused-ring (bicyclic) bond motifs is 1. The summed E-state index contributed by atoms with van der Waals surface area (Å²) >= 11 is 0. The third-order valence-corrected chi connectivity index (χ3v) is 5.56. The van der Waals surface area contributed by atoms with Crippen LogP contribution in [-0.2, 0) is 14.4 Å². The number of carbonyl (C=O) groups excluding carboxylic acids is 2. The number of carboxylic acids is 2. The number of nitrogens with two attached hydrogens (primary N) is 1. The van der Waals surface area contributed by atoms with Gasteiger partial charge in [-0.15, -0.1) is 0 Å². The predicted molar refractivity (Wildman–Crippen MR) is 126 cm³/mol. The molecule has 0 aliphatic carbocycles. The van der Waals surface area contributed by atoms with Gasteiger partial charge in [-0.3, -0.25) is 24.2 Å². The summed E-state index contributed by atoms with van der Waals surface area (Å²) in [6.45, 7) is 0.592. The number of nitrogens with zero attached hydrogens (tertiary/aromatic N) is 3. The van der Waals surface area contributed by atoms with Crippen LogP contribution < -0.4 is 31.7 Å². The monoisotopic (exact) mass is 487 g/mol. The first-order chi connectivity index (χ1) is 16.6. The van der Waals surface area contributed by atoms with Crippen LogP contribution >= 0.6 is 0 Å². The second kappa shape index (κ2) is 10.5. The van der Waals surface area contributed by atoms with Crippen molar-refractivity contribution in [3.8, 4) is 0 Å². The Kier molecular flexibility index (Phi) is 7.53. The number of nitrogens with one attached hydrogen (secondary N) is 3. The molecule has 1 aromatic carbocycles. The fourth-order valence-corrected chi connectivity index (χ4v) is 3.66. The van der Waals surface area contributed by atoms with E-state index in [0.717, 1.165) is 0 Å². The number of rotatable bonds is 10. The van der Waals surface area contributed by atoms with Crippen molar-refractivity contribution in [3.63, 3.8) is 0 Å². The summed E-state index contributed by atoms with van der Waals surface area (Å²) < 4.78 is 0. The number of nitrogen functional groups attached to an aromatic ring is 1. The summed E-state index contributed by atoms with van der Waals surface area (Å²) in [5.74, 6) is -2.86. The number of hydrogen-bond acceptors (Lipinski definition) is 9. The number of aliphatic carboxylic acids is 2. The minimum Gasteiger partial charge on any atom is -0.481 e. The number of aromatic amines is 1. The van der Waals surface area contributed by atoms with Gasteiger partial charge in [-0.2, -0.15) is 4.98 Å². The molecule has 2 aromatic rings. The first kappa shape index (κ1) is 25.0. The Balaban J connectivity index is 1.69. The third-order valence-electron chi connectivity index (χ3n) is 5.56. The first-order valence-electron chi connectivity index (χ1n) is 10.5. The number of anilines is 4. The molecular weight excluding hydrogens is 462 g/mol. The highest BCUT2D eigenvalue weighted by molar-refractivity contribution is 5.97. The van der Waals surface area contributed by atoms with Crippen molar-refractivity contribution in [1.82, 2.24) is 15.3 Å². The zero-order valence-electron chi connectivity index (χ0n) is 18.7. The summed E-state index contributed by atoms with van der Waals surface area (Å²) in [7, 11) is 1.71. The molecule has 1 aliphatic heterocycles. The minimum absolute atomic E-state index is 0.0108. The lowest BCUT2D eigenvalue weighted by molar-refractivity contribution is -0.140. The minimum atomic E-state index is -1.35. The molecule has 3 rings (SSSR count). The number of carboxylic acid groups (broad SMARTS) is 2. The Morgan fingerprint density at radius 1 is 1.31 bits per heavy atom. The van der Waals surface area contributed by atoms with E-state index in [0.29, 0.717) is 30.1 Å². The Morgan fingerprint density at radius 2 is 2.00 bits per heavy atom. The van der Waals surface area contributed by atoms with Crippen LogP contribution in [0.1, 0.15) is 23.2 Å². The van der Waals surface area contributed by atoms with Crippen LogP contribution in [0, 0.1) is 0 Å². The quantitative estimate of drug-likeness (QED) is 0.230. The van der Waals surface area contributed by atoms with Crippen LogP contribution in [0.2, 0.25) is 0 Å². The summed E-state index contributed by atoms with van der Waals surface area (Å²) in [6.07, 6.45) is -0.0462. The topological polar surface area (TPSA) is 211 Å². The number of H-pyrrole nitrogens is 1. The van der Waals surface area contributed by atoms with E-state index in [1.807, 2.05) is 0 Å². The highest BCUT2D eigenvalue weighted by Crippen LogP contribution is 2.26. The van der Waals surface area contributed by atoms with Gasteiger partial charge in [0.2, 0.25) is 12.4 Å². The Labute approximate surface area is 198 Å². The molecule has 1 unspecified atom stereocenters. The first-order valence-corrected chi connectivity index (χ1v) is 10.5. The van der Waals surface area contributed by atoms with Gasteiger partial charge >= 0.3 is 11.9 Å². The van der Waals surface area contributed by atoms with Gasteiger partial charge in [0.05, 0.1) is 6.04 Å². The van der Waals surface area contributed by atoms with Crippen molar-refractivity contribution < 1.29 is 29.4 Å². The number of benzene rings is 1. The van der Waals surface area contributed by atoms with E-state index in [9.17, 15) is 29.1 Å². The summed E-state index contributed by atoms with van der Waals surface area (Å²) in [4.78, 5) is 68.2. The van der Waals surface area contributed by atoms with Crippen LogP contribution in [0.4, 0.5) is 23.1 Å². The molecule has 0 saturated carbocycles. The average Bonchev–Trinajstić information content (AvgIpc) is 2.80. The molecule has 14 nitrogen and oxygen atoms in total. The van der Waals surface area contributed by atoms with Gasteiger partial charge in [-0.1, -0.05) is 0 Å². The van der Waals surface area contributed by atoms with Gasteiger partial charge in [0, 0.05) is 37.8 Å². The average molecular weight is 487 g/mol. The SMILES string of the molecule is CN1c2c(nc(N)[nH]c2=O)NCC1CN(C=O)c1ccc(C(=O)N[C@@H](CCC(=O)O)C(=O)O)cc1. The molecule has 7 N–H and O–H groups in total. The van der Waals surface area contributed by atoms with E-state index < -0.39 is 35.9 Å². The molecule has 0 spiro atoms. The van der Waals surface area contributed by atoms with E-state index in [4.69, 9.17) is 10.8 Å². The molecule has 35 heavy (non-hydrogen) atoms. The molecule has 2 atom stereocenters. The maximum absolute atomic E-state index is 12.4. The van der Waals surface area contributed by atoms with Crippen LogP contribution in [-0.4, -0.2) is 76.7 Å². The van der Waals surface area contributed by atoms with Crippen LogP contribution in [0.5, 0.6) is 0 Å². The van der Waals surface area contributed by atoms with Crippen molar-refractivity contribution in [2.45, 2.75) is 24.9 Å². The standard InChI is InChI=1S/C21H25N7O7/c1-27-13(8-23-17-16(27)19(33)26-21(22)25-17)9-28(10-29)12-4-2-11(3-5-12)18(32)24-14(20(34)35)6-7-15(30)31/h2-5,10,13-14H,6-9H2,1H3,(H,24,32)(H,30,31)(H,34,35)(H4,22,23,25,26,33)/t13?,14-/m0/s1. The molecule has 2 amide bonds. The van der Waals surface area contributed by atoms with E-state index in [1.165, 1.54) is 29.2 Å². The Hall–Kier alpha value is -4.62. The van der Waals surface area contributed by atoms with Crippen LogP contribution in [0.3, 0.4) is 0 Å². The predicted octanol–water partition coefficient (Wildman–Crippen LogP) is -0.707. The van der Waals surface area contributed by atoms with Crippen molar-refractivity contribution in [3.05, 3.63) is 40.2 Å². The van der Waals surface area contributed by atoms with Gasteiger partial charge < -0.3 is 36.4 Å². The maximum atomic E-state index is 12.4. The summed E-state index contributed by atoms with van der Waals surface area (Å²) in [5.41, 5.74) is 6.08. The van der Waals surface area contributed by atoms with E-state index in [-0.39, 0.29) is 30.5 Å². The molecule has 0 fully saturated rings. The lowest BCUT2D eigenvalue weighted by Crippen LogP contribution is -2.50. The van der Waals surface area contributed by atoms with Gasteiger partial charge in [-0.25, -0.2) is 4.79 Å². The molecule has 2 heterocycles. The normalized spacial score (nSPS) is 15.3. The number of carbonyl (C=O) groups is 4. The fraction of sp³-hybridized carbons (Fsp3) is 0.333. The van der Waals surface area contributed by atoms with Crippen molar-refractivity contribution in [2.75, 3.05) is 41.0 Å². The van der Waals surface area contributed by atoms with Crippen molar-refractivity contribution in [2.24, 2.45) is 0 Å². The van der Waals surface area contributed by atoms with E-state index in [1.54, 1.807) is 11.9 Å². The molecule has 1 aliphatic rings. The lowest BCUT2D eigenvalue weighted by Gasteiger charge is -2.37. The second-order valence-corrected chi connectivity index (χ2v) is 7.90. The highest BCUT2D eigenvalue weighted by atomic mass is 16.4. The van der Waals surface area contributed by atoms with Gasteiger partial charge in [-0.05, 0) is 30.7 Å². The number of likely N-dealkylation sites (N-methyl/N-ethyl adjacent to an activating group) is 1. The largest absolute Gasteiger partial charge is 0.481 e. The van der Waals surface area contributed by atoms with Gasteiger partial charge in [0.15, 0.2) is 5.82 Å². The fourth-order valence-electron chi connectivity index (χ4n) is 3.66. The van der Waals surface area contributed by atoms with Gasteiger partial charge in [0.1, 0.15) is 11.7 Å². The number of hydrogen-bond donors (Lipinski definition) is 6. The number of aromatic nitrogens is 2. The molecule has 0 radical (unpaired) electrons. The smallest absolute Gasteiger partial charge is 0.326 e. The molecular formula is C21H25N7O7. The zero-order valence-corrected chi connectivity index (χ0v) is 18.7. The molecule has 14 heteroatoms. The van der Waals surface area contributed by atoms with E-state index >= 15 is 0 Å². The zero-order chi connectivity index (χ0) is 25.7. The molecule has 0 saturated heterocycles. The Morgan fingerprint density at radius 3 is 2.60 bits per heavy atom. The van der Waals surface area contributed by atoms with E-state index in [2.05, 4.69) is 20.6 Å². The molecule has 0 bridgehead atoms. The third kappa shape index (κ3) is 5.85. The molecule has 186 valence electrons. The Bertz CT molecular complexity index is 1180. The number of amides is 2. The van der Waals surface area contributed by atoms with Crippen LogP contribution in [0.15, 0.2) is 29.1 Å². The lowest BCUT2D eigenvalue weighted by atomic mass is 10.1. The van der Waals surface area contributed by atoms with Gasteiger partial charge in [0.25, 0.3) is 11.5 Å². The van der Waals surface area contributed by atoms with Crippen molar-refractivity contribution in [1.29, 1.82) is 0 Å². The van der Waals surface area contributed by atoms with Crippen LogP contribution in [0.25, 0.3) is 0 Å². The summed E-state index contributed by atoms with van der Waals surface area (Å²) in [6, 6.07) is 4.26. The highest BCUT2D eigenvalue weighted by Gasteiger charge is 2.29. The maximum Gasteiger partial charge on any atom is 0.326 e. The second-order valence-electron chi connectivity index (χ2n) is 7.90. The van der Waals surface area contributed by atoms with Crippen molar-refractivity contribution >= 4 is 47.4 Å². The summed E-state index contributed by atoms with van der Waals surface area (Å²) in [5, 5.41) is 23.3. The molecule has 1 aromatic heterocycles.